The van der Waals surface area contributed by atoms with Crippen LogP contribution >= 0.6 is 11.6 Å². The molecule has 2 heteroatoms. The first-order valence-electron chi connectivity index (χ1n) is 7.48. The summed E-state index contributed by atoms with van der Waals surface area (Å²) in [7, 11) is 0. The number of hydrogen-bond donors (Lipinski definition) is 0. The Morgan fingerprint density at radius 1 is 1.26 bits per heavy atom. The van der Waals surface area contributed by atoms with Gasteiger partial charge in [0.25, 0.3) is 0 Å². The van der Waals surface area contributed by atoms with E-state index in [1.54, 1.807) is 0 Å². The van der Waals surface area contributed by atoms with Crippen molar-refractivity contribution in [2.75, 3.05) is 13.2 Å². The zero-order valence-corrected chi connectivity index (χ0v) is 12.8. The highest BCUT2D eigenvalue weighted by Crippen LogP contribution is 2.40. The molecule has 1 aromatic carbocycles. The molecule has 2 unspecified atom stereocenters. The monoisotopic (exact) mass is 280 g/mol. The third kappa shape index (κ3) is 4.22. The minimum absolute atomic E-state index is 0.165. The van der Waals surface area contributed by atoms with Crippen molar-refractivity contribution >= 4 is 11.6 Å². The molecule has 0 spiro atoms. The maximum atomic E-state index is 6.62. The van der Waals surface area contributed by atoms with E-state index < -0.39 is 0 Å². The van der Waals surface area contributed by atoms with Crippen LogP contribution in [0.4, 0.5) is 0 Å². The molecular formula is C17H25ClO. The van der Waals surface area contributed by atoms with Crippen LogP contribution in [0, 0.1) is 11.8 Å². The number of aryl methyl sites for hydroxylation is 1. The summed E-state index contributed by atoms with van der Waals surface area (Å²) < 4.78 is 5.72. The van der Waals surface area contributed by atoms with Crippen LogP contribution < -0.4 is 0 Å². The fourth-order valence-electron chi connectivity index (χ4n) is 2.72. The molecule has 1 nitrogen and oxygen atoms in total. The molecule has 0 bridgehead atoms. The van der Waals surface area contributed by atoms with E-state index in [-0.39, 0.29) is 5.38 Å². The zero-order valence-electron chi connectivity index (χ0n) is 12.1. The van der Waals surface area contributed by atoms with Gasteiger partial charge in [-0.05, 0) is 48.6 Å². The molecule has 0 aliphatic heterocycles. The Bertz CT molecular complexity index is 389. The summed E-state index contributed by atoms with van der Waals surface area (Å²) in [5.74, 6) is 1.29. The Morgan fingerprint density at radius 2 is 2.05 bits per heavy atom. The fourth-order valence-corrected chi connectivity index (χ4v) is 3.18. The average Bonchev–Trinajstić information content (AvgIpc) is 2.41. The van der Waals surface area contributed by atoms with E-state index in [0.717, 1.165) is 38.4 Å². The highest BCUT2D eigenvalue weighted by Gasteiger charge is 2.27. The van der Waals surface area contributed by atoms with Crippen LogP contribution in [0.3, 0.4) is 0 Å². The number of halogens is 1. The summed E-state index contributed by atoms with van der Waals surface area (Å²) in [6, 6.07) is 8.59. The topological polar surface area (TPSA) is 9.23 Å². The third-order valence-corrected chi connectivity index (χ3v) is 4.61. The Morgan fingerprint density at radius 3 is 2.84 bits per heavy atom. The third-order valence-electron chi connectivity index (χ3n) is 4.02. The highest BCUT2D eigenvalue weighted by atomic mass is 35.5. The molecule has 2 rings (SSSR count). The van der Waals surface area contributed by atoms with Gasteiger partial charge in [0.2, 0.25) is 0 Å². The number of fused-ring (bicyclic) bond motifs is 1. The van der Waals surface area contributed by atoms with Crippen LogP contribution in [-0.2, 0) is 11.2 Å². The zero-order chi connectivity index (χ0) is 13.7. The first-order valence-corrected chi connectivity index (χ1v) is 7.91. The van der Waals surface area contributed by atoms with Crippen molar-refractivity contribution in [3.8, 4) is 0 Å². The molecule has 0 saturated heterocycles. The molecule has 0 N–H and O–H groups in total. The molecule has 0 aromatic heterocycles. The predicted octanol–water partition coefficient (Wildman–Crippen LogP) is 4.98. The molecule has 0 fully saturated rings. The molecule has 19 heavy (non-hydrogen) atoms. The van der Waals surface area contributed by atoms with E-state index in [9.17, 15) is 0 Å². The number of hydrogen-bond acceptors (Lipinski definition) is 1. The standard InChI is InChI=1S/C17H25ClO/c1-13(2)9-11-19-12-10-15-8-7-14-5-3-4-6-16(14)17(15)18/h3-6,13,15,17H,7-12H2,1-2H3. The van der Waals surface area contributed by atoms with Crippen LogP contribution in [0.15, 0.2) is 24.3 Å². The van der Waals surface area contributed by atoms with Gasteiger partial charge in [-0.15, -0.1) is 11.6 Å². The van der Waals surface area contributed by atoms with Crippen molar-refractivity contribution in [1.29, 1.82) is 0 Å². The van der Waals surface area contributed by atoms with Gasteiger partial charge >= 0.3 is 0 Å². The molecule has 2 atom stereocenters. The molecular weight excluding hydrogens is 256 g/mol. The largest absolute Gasteiger partial charge is 0.381 e. The highest BCUT2D eigenvalue weighted by molar-refractivity contribution is 6.21. The predicted molar refractivity (Wildman–Crippen MR) is 81.7 cm³/mol. The lowest BCUT2D eigenvalue weighted by atomic mass is 9.82. The van der Waals surface area contributed by atoms with E-state index in [1.807, 2.05) is 0 Å². The van der Waals surface area contributed by atoms with Crippen molar-refractivity contribution in [2.24, 2.45) is 11.8 Å². The number of ether oxygens (including phenoxy) is 1. The van der Waals surface area contributed by atoms with Crippen molar-refractivity contribution in [3.63, 3.8) is 0 Å². The molecule has 1 aliphatic carbocycles. The minimum Gasteiger partial charge on any atom is -0.381 e. The van der Waals surface area contributed by atoms with Gasteiger partial charge < -0.3 is 4.74 Å². The van der Waals surface area contributed by atoms with Crippen molar-refractivity contribution in [1.82, 2.24) is 0 Å². The van der Waals surface area contributed by atoms with Crippen LogP contribution in [0.25, 0.3) is 0 Å². The summed E-state index contributed by atoms with van der Waals surface area (Å²) >= 11 is 6.62. The average molecular weight is 281 g/mol. The molecule has 1 aromatic rings. The quantitative estimate of drug-likeness (QED) is 0.527. The van der Waals surface area contributed by atoms with E-state index in [2.05, 4.69) is 38.1 Å². The van der Waals surface area contributed by atoms with Crippen LogP contribution in [0.2, 0.25) is 0 Å². The normalized spacial score (nSPS) is 22.5. The molecule has 0 amide bonds. The fraction of sp³-hybridized carbons (Fsp3) is 0.647. The smallest absolute Gasteiger partial charge is 0.0617 e. The Balaban J connectivity index is 1.77. The lowest BCUT2D eigenvalue weighted by molar-refractivity contribution is 0.108. The van der Waals surface area contributed by atoms with Gasteiger partial charge in [0.15, 0.2) is 0 Å². The van der Waals surface area contributed by atoms with Crippen molar-refractivity contribution < 1.29 is 4.74 Å². The van der Waals surface area contributed by atoms with Crippen LogP contribution in [0.5, 0.6) is 0 Å². The summed E-state index contributed by atoms with van der Waals surface area (Å²) in [5.41, 5.74) is 2.77. The first-order chi connectivity index (χ1) is 9.18. The molecule has 0 saturated carbocycles. The number of alkyl halides is 1. The van der Waals surface area contributed by atoms with Crippen molar-refractivity contribution in [2.45, 2.75) is 44.9 Å². The number of rotatable bonds is 6. The maximum Gasteiger partial charge on any atom is 0.0617 e. The lowest BCUT2D eigenvalue weighted by Gasteiger charge is -2.29. The Labute approximate surface area is 122 Å². The summed E-state index contributed by atoms with van der Waals surface area (Å²) in [4.78, 5) is 0. The first kappa shape index (κ1) is 14.9. The lowest BCUT2D eigenvalue weighted by Crippen LogP contribution is -2.19. The molecule has 0 radical (unpaired) electrons. The van der Waals surface area contributed by atoms with Crippen LogP contribution in [-0.4, -0.2) is 13.2 Å². The number of benzene rings is 1. The second-order valence-electron chi connectivity index (χ2n) is 5.98. The van der Waals surface area contributed by atoms with Gasteiger partial charge in [-0.3, -0.25) is 0 Å². The van der Waals surface area contributed by atoms with Gasteiger partial charge in [0.1, 0.15) is 0 Å². The van der Waals surface area contributed by atoms with Crippen LogP contribution in [0.1, 0.15) is 49.6 Å². The van der Waals surface area contributed by atoms with Crippen molar-refractivity contribution in [3.05, 3.63) is 35.4 Å². The van der Waals surface area contributed by atoms with E-state index in [1.165, 1.54) is 17.5 Å². The van der Waals surface area contributed by atoms with Gasteiger partial charge in [0, 0.05) is 13.2 Å². The van der Waals surface area contributed by atoms with E-state index in [4.69, 9.17) is 16.3 Å². The molecule has 0 heterocycles. The molecule has 106 valence electrons. The summed E-state index contributed by atoms with van der Waals surface area (Å²) in [5, 5.41) is 0.165. The molecule has 1 aliphatic rings. The maximum absolute atomic E-state index is 6.62. The van der Waals surface area contributed by atoms with Gasteiger partial charge in [-0.25, -0.2) is 0 Å². The SMILES string of the molecule is CC(C)CCOCCC1CCc2ccccc2C1Cl. The Hall–Kier alpha value is -0.530. The van der Waals surface area contributed by atoms with E-state index in [0.29, 0.717) is 5.92 Å². The minimum atomic E-state index is 0.165. The van der Waals surface area contributed by atoms with Gasteiger partial charge in [-0.1, -0.05) is 38.1 Å². The van der Waals surface area contributed by atoms with E-state index >= 15 is 0 Å². The second-order valence-corrected chi connectivity index (χ2v) is 6.45. The summed E-state index contributed by atoms with van der Waals surface area (Å²) in [6.07, 6.45) is 4.59. The second kappa shape index (κ2) is 7.31. The Kier molecular flexibility index (Phi) is 5.72. The van der Waals surface area contributed by atoms with Gasteiger partial charge in [0.05, 0.1) is 5.38 Å². The summed E-state index contributed by atoms with van der Waals surface area (Å²) in [6.45, 7) is 6.20. The van der Waals surface area contributed by atoms with Gasteiger partial charge in [-0.2, -0.15) is 0 Å².